The summed E-state index contributed by atoms with van der Waals surface area (Å²) in [6.45, 7) is 6.60. The van der Waals surface area contributed by atoms with Crippen LogP contribution in [0.5, 0.6) is 5.75 Å². The van der Waals surface area contributed by atoms with E-state index in [0.717, 1.165) is 22.2 Å². The lowest BCUT2D eigenvalue weighted by atomic mass is 10.1. The van der Waals surface area contributed by atoms with Crippen molar-refractivity contribution < 1.29 is 9.47 Å². The number of fused-ring (bicyclic) bond motifs is 1. The predicted octanol–water partition coefficient (Wildman–Crippen LogP) is 4.15. The molecule has 0 spiro atoms. The molecule has 0 saturated heterocycles. The molecule has 2 rings (SSSR count). The summed E-state index contributed by atoms with van der Waals surface area (Å²) in [5.74, 6) is 0.814. The summed E-state index contributed by atoms with van der Waals surface area (Å²) in [5, 5.41) is 1.73. The van der Waals surface area contributed by atoms with Gasteiger partial charge in [0, 0.05) is 16.6 Å². The predicted molar refractivity (Wildman–Crippen MR) is 74.4 cm³/mol. The molecule has 0 aliphatic carbocycles. The normalized spacial score (nSPS) is 12.1. The number of nitrogens with one attached hydrogen (secondary N) is 1. The third kappa shape index (κ3) is 2.79. The van der Waals surface area contributed by atoms with E-state index in [1.165, 1.54) is 0 Å². The Kier molecular flexibility index (Phi) is 3.55. The second-order valence-corrected chi connectivity index (χ2v) is 5.68. The first-order valence-electron chi connectivity index (χ1n) is 5.88. The minimum Gasteiger partial charge on any atom is -0.495 e. The quantitative estimate of drug-likeness (QED) is 0.907. The number of hydrogen-bond acceptors (Lipinski definition) is 2. The number of halogens is 1. The minimum atomic E-state index is -0.182. The number of aromatic nitrogens is 1. The fraction of sp³-hybridized carbons (Fsp3) is 0.429. The Morgan fingerprint density at radius 3 is 2.61 bits per heavy atom. The largest absolute Gasteiger partial charge is 0.495 e. The van der Waals surface area contributed by atoms with E-state index in [9.17, 15) is 0 Å². The summed E-state index contributed by atoms with van der Waals surface area (Å²) in [6.07, 6.45) is 1.83. The van der Waals surface area contributed by atoms with E-state index in [2.05, 4.69) is 4.98 Å². The number of H-pyrrole nitrogens is 1. The average Bonchev–Trinajstić information content (AvgIpc) is 2.67. The molecule has 1 N–H and O–H groups in total. The molecule has 0 atom stereocenters. The van der Waals surface area contributed by atoms with E-state index in [1.807, 2.05) is 39.1 Å². The Bertz CT molecular complexity index is 555. The smallest absolute Gasteiger partial charge is 0.144 e. The van der Waals surface area contributed by atoms with E-state index in [1.54, 1.807) is 7.11 Å². The van der Waals surface area contributed by atoms with Gasteiger partial charge < -0.3 is 14.5 Å². The van der Waals surface area contributed by atoms with Crippen LogP contribution in [0, 0.1) is 0 Å². The van der Waals surface area contributed by atoms with Crippen molar-refractivity contribution in [1.29, 1.82) is 0 Å². The Morgan fingerprint density at radius 2 is 2.00 bits per heavy atom. The summed E-state index contributed by atoms with van der Waals surface area (Å²) in [5.41, 5.74) is 1.82. The van der Waals surface area contributed by atoms with E-state index < -0.39 is 0 Å². The number of hydrogen-bond donors (Lipinski definition) is 1. The highest BCUT2D eigenvalue weighted by Crippen LogP contribution is 2.32. The molecule has 0 unspecified atom stereocenters. The van der Waals surface area contributed by atoms with Crippen molar-refractivity contribution in [2.75, 3.05) is 7.11 Å². The molecule has 4 heteroatoms. The molecular weight excluding hydrogens is 250 g/mol. The third-order valence-corrected chi connectivity index (χ3v) is 2.89. The Balaban J connectivity index is 2.44. The molecule has 98 valence electrons. The van der Waals surface area contributed by atoms with Gasteiger partial charge in [-0.25, -0.2) is 0 Å². The topological polar surface area (TPSA) is 34.2 Å². The van der Waals surface area contributed by atoms with Gasteiger partial charge in [0.25, 0.3) is 0 Å². The minimum absolute atomic E-state index is 0.182. The fourth-order valence-corrected chi connectivity index (χ4v) is 2.09. The first kappa shape index (κ1) is 13.2. The number of ether oxygens (including phenoxy) is 2. The monoisotopic (exact) mass is 267 g/mol. The maximum absolute atomic E-state index is 6.11. The van der Waals surface area contributed by atoms with Crippen molar-refractivity contribution in [1.82, 2.24) is 4.98 Å². The van der Waals surface area contributed by atoms with Gasteiger partial charge in [-0.2, -0.15) is 0 Å². The molecule has 0 amide bonds. The standard InChI is InChI=1S/C14H18ClNO2/c1-14(2,3)18-8-9-5-10(15)6-11-13(9)12(17-4)7-16-11/h5-7,16H,8H2,1-4H3. The maximum atomic E-state index is 6.11. The molecule has 18 heavy (non-hydrogen) atoms. The van der Waals surface area contributed by atoms with Gasteiger partial charge in [-0.3, -0.25) is 0 Å². The van der Waals surface area contributed by atoms with Crippen molar-refractivity contribution in [3.63, 3.8) is 0 Å². The van der Waals surface area contributed by atoms with Gasteiger partial charge in [-0.1, -0.05) is 11.6 Å². The number of methoxy groups -OCH3 is 1. The van der Waals surface area contributed by atoms with Crippen LogP contribution in [0.15, 0.2) is 18.3 Å². The number of benzene rings is 1. The molecule has 1 aromatic carbocycles. The van der Waals surface area contributed by atoms with E-state index in [4.69, 9.17) is 21.1 Å². The molecule has 0 aliphatic heterocycles. The summed E-state index contributed by atoms with van der Waals surface area (Å²) in [4.78, 5) is 3.15. The van der Waals surface area contributed by atoms with Crippen molar-refractivity contribution >= 4 is 22.5 Å². The van der Waals surface area contributed by atoms with Crippen LogP contribution >= 0.6 is 11.6 Å². The van der Waals surface area contributed by atoms with Crippen LogP contribution in [-0.4, -0.2) is 17.7 Å². The van der Waals surface area contributed by atoms with Gasteiger partial charge in [-0.05, 0) is 38.5 Å². The second kappa shape index (κ2) is 4.82. The van der Waals surface area contributed by atoms with E-state index in [-0.39, 0.29) is 5.60 Å². The van der Waals surface area contributed by atoms with Crippen LogP contribution in [-0.2, 0) is 11.3 Å². The van der Waals surface area contributed by atoms with Crippen LogP contribution in [0.4, 0.5) is 0 Å². The summed E-state index contributed by atoms with van der Waals surface area (Å²) >= 11 is 6.11. The zero-order valence-electron chi connectivity index (χ0n) is 11.1. The van der Waals surface area contributed by atoms with E-state index >= 15 is 0 Å². The molecule has 0 fully saturated rings. The van der Waals surface area contributed by atoms with Crippen molar-refractivity contribution in [2.24, 2.45) is 0 Å². The third-order valence-electron chi connectivity index (χ3n) is 2.67. The van der Waals surface area contributed by atoms with Gasteiger partial charge in [0.2, 0.25) is 0 Å². The zero-order chi connectivity index (χ0) is 13.3. The number of rotatable bonds is 3. The average molecular weight is 268 g/mol. The van der Waals surface area contributed by atoms with Crippen LogP contribution in [0.1, 0.15) is 26.3 Å². The summed E-state index contributed by atoms with van der Waals surface area (Å²) in [7, 11) is 1.66. The summed E-state index contributed by atoms with van der Waals surface area (Å²) < 4.78 is 11.2. The highest BCUT2D eigenvalue weighted by atomic mass is 35.5. The molecule has 2 aromatic rings. The fourth-order valence-electron chi connectivity index (χ4n) is 1.85. The van der Waals surface area contributed by atoms with Crippen molar-refractivity contribution in [3.05, 3.63) is 28.9 Å². The molecule has 0 aliphatic rings. The van der Waals surface area contributed by atoms with Crippen LogP contribution < -0.4 is 4.74 Å². The van der Waals surface area contributed by atoms with Crippen LogP contribution in [0.3, 0.4) is 0 Å². The second-order valence-electron chi connectivity index (χ2n) is 5.25. The lowest BCUT2D eigenvalue weighted by Crippen LogP contribution is -2.18. The molecule has 1 heterocycles. The molecule has 0 radical (unpaired) electrons. The van der Waals surface area contributed by atoms with Gasteiger partial charge in [0.1, 0.15) is 5.75 Å². The van der Waals surface area contributed by atoms with Crippen LogP contribution in [0.25, 0.3) is 10.9 Å². The van der Waals surface area contributed by atoms with Crippen molar-refractivity contribution in [3.8, 4) is 5.75 Å². The highest BCUT2D eigenvalue weighted by molar-refractivity contribution is 6.31. The van der Waals surface area contributed by atoms with Gasteiger partial charge in [0.15, 0.2) is 0 Å². The maximum Gasteiger partial charge on any atom is 0.144 e. The van der Waals surface area contributed by atoms with Gasteiger partial charge in [-0.15, -0.1) is 0 Å². The Labute approximate surface area is 112 Å². The first-order valence-corrected chi connectivity index (χ1v) is 6.26. The van der Waals surface area contributed by atoms with Gasteiger partial charge >= 0.3 is 0 Å². The molecular formula is C14H18ClNO2. The molecule has 1 aromatic heterocycles. The lowest BCUT2D eigenvalue weighted by Gasteiger charge is -2.20. The SMILES string of the molecule is COc1c[nH]c2cc(Cl)cc(COC(C)(C)C)c12. The van der Waals surface area contributed by atoms with Crippen molar-refractivity contribution in [2.45, 2.75) is 33.0 Å². The van der Waals surface area contributed by atoms with Gasteiger partial charge in [0.05, 0.1) is 24.8 Å². The molecule has 0 bridgehead atoms. The number of aromatic amines is 1. The van der Waals surface area contributed by atoms with E-state index in [0.29, 0.717) is 11.6 Å². The molecule has 0 saturated carbocycles. The zero-order valence-corrected chi connectivity index (χ0v) is 11.9. The Morgan fingerprint density at radius 1 is 1.28 bits per heavy atom. The summed E-state index contributed by atoms with van der Waals surface area (Å²) in [6, 6.07) is 3.81. The highest BCUT2D eigenvalue weighted by Gasteiger charge is 2.15. The Hall–Kier alpha value is -1.19. The molecule has 3 nitrogen and oxygen atoms in total. The lowest BCUT2D eigenvalue weighted by molar-refractivity contribution is -0.0144. The van der Waals surface area contributed by atoms with Crippen LogP contribution in [0.2, 0.25) is 5.02 Å². The first-order chi connectivity index (χ1) is 8.40.